The van der Waals surface area contributed by atoms with Crippen molar-refractivity contribution >= 4 is 0 Å². The van der Waals surface area contributed by atoms with Crippen LogP contribution in [0.5, 0.6) is 0 Å². The van der Waals surface area contributed by atoms with Gasteiger partial charge in [-0.1, -0.05) is 29.8 Å². The summed E-state index contributed by atoms with van der Waals surface area (Å²) in [6.07, 6.45) is 0. The van der Waals surface area contributed by atoms with Crippen molar-refractivity contribution in [2.45, 2.75) is 20.4 Å². The van der Waals surface area contributed by atoms with Crippen LogP contribution < -0.4 is 5.73 Å². The lowest BCUT2D eigenvalue weighted by molar-refractivity contribution is 0.474. The van der Waals surface area contributed by atoms with E-state index in [9.17, 15) is 0 Å². The number of benzene rings is 1. The monoisotopic (exact) mass is 202 g/mol. The summed E-state index contributed by atoms with van der Waals surface area (Å²) >= 11 is 0. The van der Waals surface area contributed by atoms with Crippen molar-refractivity contribution in [3.63, 3.8) is 0 Å². The smallest absolute Gasteiger partial charge is 0.208 e. The number of oxazole rings is 1. The van der Waals surface area contributed by atoms with Gasteiger partial charge in [-0.25, -0.2) is 4.98 Å². The van der Waals surface area contributed by atoms with Crippen LogP contribution in [0.4, 0.5) is 0 Å². The van der Waals surface area contributed by atoms with E-state index in [1.807, 2.05) is 19.1 Å². The van der Waals surface area contributed by atoms with Crippen molar-refractivity contribution < 1.29 is 4.42 Å². The summed E-state index contributed by atoms with van der Waals surface area (Å²) in [6, 6.07) is 8.21. The number of aryl methyl sites for hydroxylation is 2. The third-order valence-electron chi connectivity index (χ3n) is 2.34. The van der Waals surface area contributed by atoms with Crippen LogP contribution in [0.25, 0.3) is 11.3 Å². The van der Waals surface area contributed by atoms with Crippen LogP contribution >= 0.6 is 0 Å². The number of hydrogen-bond acceptors (Lipinski definition) is 3. The van der Waals surface area contributed by atoms with Gasteiger partial charge in [-0.3, -0.25) is 0 Å². The molecule has 3 heteroatoms. The Morgan fingerprint density at radius 3 is 2.40 bits per heavy atom. The highest BCUT2D eigenvalue weighted by molar-refractivity contribution is 5.61. The molecular weight excluding hydrogens is 188 g/mol. The van der Waals surface area contributed by atoms with Gasteiger partial charge in [0.2, 0.25) is 5.89 Å². The van der Waals surface area contributed by atoms with Crippen molar-refractivity contribution in [2.24, 2.45) is 5.73 Å². The van der Waals surface area contributed by atoms with Crippen molar-refractivity contribution in [3.8, 4) is 11.3 Å². The standard InChI is InChI=1S/C12H14N2O/c1-8-3-5-10(6-4-8)12-9(2)15-11(7-13)14-12/h3-6H,7,13H2,1-2H3. The molecular formula is C12H14N2O. The molecule has 0 aliphatic carbocycles. The molecule has 0 spiro atoms. The molecule has 15 heavy (non-hydrogen) atoms. The summed E-state index contributed by atoms with van der Waals surface area (Å²) in [4.78, 5) is 4.34. The molecule has 0 saturated carbocycles. The van der Waals surface area contributed by atoms with Crippen LogP contribution in [0.1, 0.15) is 17.2 Å². The minimum atomic E-state index is 0.340. The molecule has 0 radical (unpaired) electrons. The zero-order valence-corrected chi connectivity index (χ0v) is 8.95. The number of rotatable bonds is 2. The molecule has 0 aliphatic heterocycles. The van der Waals surface area contributed by atoms with E-state index >= 15 is 0 Å². The van der Waals surface area contributed by atoms with E-state index in [-0.39, 0.29) is 0 Å². The average molecular weight is 202 g/mol. The fourth-order valence-electron chi connectivity index (χ4n) is 1.52. The van der Waals surface area contributed by atoms with Crippen LogP contribution in [0, 0.1) is 13.8 Å². The van der Waals surface area contributed by atoms with Crippen LogP contribution in [-0.2, 0) is 6.54 Å². The first-order valence-electron chi connectivity index (χ1n) is 4.94. The first kappa shape index (κ1) is 9.93. The van der Waals surface area contributed by atoms with E-state index in [1.54, 1.807) is 0 Å². The summed E-state index contributed by atoms with van der Waals surface area (Å²) in [5.41, 5.74) is 8.67. The Bertz CT molecular complexity index is 457. The van der Waals surface area contributed by atoms with Gasteiger partial charge in [0.25, 0.3) is 0 Å². The number of hydrogen-bond donors (Lipinski definition) is 1. The topological polar surface area (TPSA) is 52.0 Å². The van der Waals surface area contributed by atoms with Gasteiger partial charge in [-0.2, -0.15) is 0 Å². The van der Waals surface area contributed by atoms with Gasteiger partial charge in [0.05, 0.1) is 6.54 Å². The molecule has 0 fully saturated rings. The second kappa shape index (κ2) is 3.87. The molecule has 2 N–H and O–H groups in total. The third kappa shape index (κ3) is 1.92. The number of nitrogens with zero attached hydrogens (tertiary/aromatic N) is 1. The summed E-state index contributed by atoms with van der Waals surface area (Å²) in [5, 5.41) is 0. The van der Waals surface area contributed by atoms with Crippen LogP contribution in [0.2, 0.25) is 0 Å². The van der Waals surface area contributed by atoms with Crippen LogP contribution in [0.15, 0.2) is 28.7 Å². The molecule has 0 bridgehead atoms. The van der Waals surface area contributed by atoms with Crippen molar-refractivity contribution in [3.05, 3.63) is 41.5 Å². The van der Waals surface area contributed by atoms with E-state index in [1.165, 1.54) is 5.56 Å². The van der Waals surface area contributed by atoms with Crippen LogP contribution in [-0.4, -0.2) is 4.98 Å². The molecule has 3 nitrogen and oxygen atoms in total. The van der Waals surface area contributed by atoms with E-state index in [4.69, 9.17) is 10.2 Å². The minimum absolute atomic E-state index is 0.340. The molecule has 0 aliphatic rings. The fraction of sp³-hybridized carbons (Fsp3) is 0.250. The maximum atomic E-state index is 5.48. The van der Waals surface area contributed by atoms with Gasteiger partial charge in [0.15, 0.2) is 0 Å². The predicted molar refractivity (Wildman–Crippen MR) is 59.3 cm³/mol. The highest BCUT2D eigenvalue weighted by atomic mass is 16.4. The van der Waals surface area contributed by atoms with E-state index in [0.29, 0.717) is 12.4 Å². The van der Waals surface area contributed by atoms with Crippen molar-refractivity contribution in [1.82, 2.24) is 4.98 Å². The first-order chi connectivity index (χ1) is 7.20. The normalized spacial score (nSPS) is 10.6. The van der Waals surface area contributed by atoms with E-state index in [2.05, 4.69) is 24.0 Å². The molecule has 0 saturated heterocycles. The maximum Gasteiger partial charge on any atom is 0.208 e. The Kier molecular flexibility index (Phi) is 2.56. The largest absolute Gasteiger partial charge is 0.444 e. The first-order valence-corrected chi connectivity index (χ1v) is 4.94. The van der Waals surface area contributed by atoms with Gasteiger partial charge < -0.3 is 10.2 Å². The third-order valence-corrected chi connectivity index (χ3v) is 2.34. The summed E-state index contributed by atoms with van der Waals surface area (Å²) in [5.74, 6) is 1.40. The lowest BCUT2D eigenvalue weighted by Crippen LogP contribution is -1.95. The Morgan fingerprint density at radius 1 is 1.20 bits per heavy atom. The zero-order valence-electron chi connectivity index (χ0n) is 8.95. The second-order valence-electron chi connectivity index (χ2n) is 3.58. The maximum absolute atomic E-state index is 5.48. The summed E-state index contributed by atoms with van der Waals surface area (Å²) in [6.45, 7) is 4.30. The highest BCUT2D eigenvalue weighted by Crippen LogP contribution is 2.23. The molecule has 0 unspecified atom stereocenters. The van der Waals surface area contributed by atoms with Crippen LogP contribution in [0.3, 0.4) is 0 Å². The fourth-order valence-corrected chi connectivity index (χ4v) is 1.52. The lowest BCUT2D eigenvalue weighted by Gasteiger charge is -1.97. The van der Waals surface area contributed by atoms with E-state index in [0.717, 1.165) is 17.0 Å². The molecule has 1 aromatic heterocycles. The minimum Gasteiger partial charge on any atom is -0.444 e. The highest BCUT2D eigenvalue weighted by Gasteiger charge is 2.09. The molecule has 2 rings (SSSR count). The van der Waals surface area contributed by atoms with E-state index < -0.39 is 0 Å². The summed E-state index contributed by atoms with van der Waals surface area (Å²) in [7, 11) is 0. The van der Waals surface area contributed by atoms with Gasteiger partial charge >= 0.3 is 0 Å². The molecule has 2 aromatic rings. The lowest BCUT2D eigenvalue weighted by atomic mass is 10.1. The molecule has 0 amide bonds. The Morgan fingerprint density at radius 2 is 1.87 bits per heavy atom. The van der Waals surface area contributed by atoms with Gasteiger partial charge in [0, 0.05) is 5.56 Å². The van der Waals surface area contributed by atoms with Gasteiger partial charge in [-0.15, -0.1) is 0 Å². The SMILES string of the molecule is Cc1ccc(-c2nc(CN)oc2C)cc1. The van der Waals surface area contributed by atoms with Gasteiger partial charge in [-0.05, 0) is 13.8 Å². The number of nitrogens with two attached hydrogens (primary N) is 1. The molecule has 0 atom stereocenters. The predicted octanol–water partition coefficient (Wildman–Crippen LogP) is 2.42. The Balaban J connectivity index is 2.44. The Hall–Kier alpha value is -1.61. The quantitative estimate of drug-likeness (QED) is 0.813. The Labute approximate surface area is 88.9 Å². The molecule has 1 aromatic carbocycles. The van der Waals surface area contributed by atoms with Gasteiger partial charge in [0.1, 0.15) is 11.5 Å². The average Bonchev–Trinajstić information content (AvgIpc) is 2.61. The second-order valence-corrected chi connectivity index (χ2v) is 3.58. The zero-order chi connectivity index (χ0) is 10.8. The van der Waals surface area contributed by atoms with Crippen molar-refractivity contribution in [2.75, 3.05) is 0 Å². The summed E-state index contributed by atoms with van der Waals surface area (Å²) < 4.78 is 5.41. The van der Waals surface area contributed by atoms with Crippen molar-refractivity contribution in [1.29, 1.82) is 0 Å². The number of aromatic nitrogens is 1. The molecule has 1 heterocycles. The molecule has 78 valence electrons.